The van der Waals surface area contributed by atoms with Crippen LogP contribution in [0.25, 0.3) is 0 Å². The predicted molar refractivity (Wildman–Crippen MR) is 62.8 cm³/mol. The number of hydrogen-bond donors (Lipinski definition) is 1. The molecule has 0 amide bonds. The number of nitrogens with two attached hydrogens (primary N) is 1. The van der Waals surface area contributed by atoms with Crippen LogP contribution in [-0.4, -0.2) is 5.84 Å². The number of fused-ring (bicyclic) bond motifs is 3. The average molecular weight is 254 g/mol. The third-order valence-electron chi connectivity index (χ3n) is 3.90. The molecule has 1 heterocycles. The van der Waals surface area contributed by atoms with Crippen LogP contribution in [0.15, 0.2) is 23.2 Å². The smallest absolute Gasteiger partial charge is 0.387 e. The summed E-state index contributed by atoms with van der Waals surface area (Å²) in [5, 5.41) is 0. The minimum absolute atomic E-state index is 0.111. The largest absolute Gasteiger partial charge is 0.416 e. The Kier molecular flexibility index (Phi) is 2.40. The van der Waals surface area contributed by atoms with Crippen molar-refractivity contribution in [3.63, 3.8) is 0 Å². The minimum Gasteiger partial charge on any atom is -0.387 e. The lowest BCUT2D eigenvalue weighted by Crippen LogP contribution is -2.28. The number of aliphatic imine (C=N–C) groups is 1. The van der Waals surface area contributed by atoms with E-state index in [1.165, 1.54) is 12.1 Å². The number of nitrogens with zero attached hydrogens (tertiary/aromatic N) is 1. The fourth-order valence-electron chi connectivity index (χ4n) is 3.04. The molecular weight excluding hydrogens is 241 g/mol. The van der Waals surface area contributed by atoms with Crippen molar-refractivity contribution in [1.29, 1.82) is 0 Å². The lowest BCUT2D eigenvalue weighted by atomic mass is 9.84. The monoisotopic (exact) mass is 254 g/mol. The first kappa shape index (κ1) is 11.6. The molecule has 0 bridgehead atoms. The van der Waals surface area contributed by atoms with Crippen molar-refractivity contribution in [3.8, 4) is 0 Å². The molecule has 1 aromatic rings. The van der Waals surface area contributed by atoms with E-state index in [0.29, 0.717) is 17.1 Å². The zero-order valence-electron chi connectivity index (χ0n) is 9.67. The Bertz CT molecular complexity index is 519. The molecule has 0 radical (unpaired) electrons. The zero-order chi connectivity index (χ0) is 12.9. The summed E-state index contributed by atoms with van der Waals surface area (Å²) >= 11 is 0. The maximum Gasteiger partial charge on any atom is 0.416 e. The third kappa shape index (κ3) is 1.69. The molecule has 0 spiro atoms. The summed E-state index contributed by atoms with van der Waals surface area (Å²) in [6, 6.07) is 3.75. The van der Waals surface area contributed by atoms with Crippen molar-refractivity contribution in [2.24, 2.45) is 16.6 Å². The summed E-state index contributed by atoms with van der Waals surface area (Å²) in [7, 11) is 0. The number of alkyl halides is 3. The van der Waals surface area contributed by atoms with Gasteiger partial charge in [-0.05, 0) is 42.5 Å². The van der Waals surface area contributed by atoms with Crippen LogP contribution < -0.4 is 5.73 Å². The highest BCUT2D eigenvalue weighted by Gasteiger charge is 2.38. The van der Waals surface area contributed by atoms with Gasteiger partial charge in [0.05, 0.1) is 11.3 Å². The molecule has 2 N–H and O–H groups in total. The van der Waals surface area contributed by atoms with Crippen molar-refractivity contribution in [3.05, 3.63) is 29.3 Å². The molecule has 1 aliphatic heterocycles. The van der Waals surface area contributed by atoms with Crippen LogP contribution in [0.3, 0.4) is 0 Å². The first-order chi connectivity index (χ1) is 8.47. The Morgan fingerprint density at radius 1 is 1.17 bits per heavy atom. The molecule has 0 saturated heterocycles. The summed E-state index contributed by atoms with van der Waals surface area (Å²) in [6.45, 7) is 0. The van der Waals surface area contributed by atoms with Crippen molar-refractivity contribution in [1.82, 2.24) is 0 Å². The second kappa shape index (κ2) is 3.73. The summed E-state index contributed by atoms with van der Waals surface area (Å²) in [5.41, 5.74) is 6.60. The van der Waals surface area contributed by atoms with Gasteiger partial charge >= 0.3 is 6.18 Å². The van der Waals surface area contributed by atoms with Crippen LogP contribution in [0.4, 0.5) is 18.9 Å². The van der Waals surface area contributed by atoms with Gasteiger partial charge in [0, 0.05) is 5.92 Å². The number of halogens is 3. The van der Waals surface area contributed by atoms with Gasteiger partial charge < -0.3 is 5.73 Å². The van der Waals surface area contributed by atoms with Crippen LogP contribution in [0, 0.1) is 5.92 Å². The second-order valence-electron chi connectivity index (χ2n) is 4.95. The van der Waals surface area contributed by atoms with Crippen molar-refractivity contribution in [2.45, 2.75) is 31.4 Å². The highest BCUT2D eigenvalue weighted by Crippen LogP contribution is 2.47. The number of rotatable bonds is 0. The SMILES string of the molecule is NC1=Nc2ccc(C(F)(F)F)cc2[C@H]2CCC[C@@H]12. The summed E-state index contributed by atoms with van der Waals surface area (Å²) in [5.74, 6) is 0.811. The van der Waals surface area contributed by atoms with E-state index >= 15 is 0 Å². The summed E-state index contributed by atoms with van der Waals surface area (Å²) < 4.78 is 38.2. The lowest BCUT2D eigenvalue weighted by molar-refractivity contribution is -0.137. The van der Waals surface area contributed by atoms with Crippen LogP contribution in [0.2, 0.25) is 0 Å². The molecule has 1 saturated carbocycles. The van der Waals surface area contributed by atoms with Crippen molar-refractivity contribution < 1.29 is 13.2 Å². The van der Waals surface area contributed by atoms with Gasteiger partial charge in [0.1, 0.15) is 5.84 Å². The standard InChI is InChI=1S/C13H13F3N2/c14-13(15,16)7-4-5-11-10(6-7)8-2-1-3-9(8)12(17)18-11/h4-6,8-9H,1-3H2,(H2,17,18)/t8-,9+/m0/s1. The van der Waals surface area contributed by atoms with E-state index in [1.807, 2.05) is 0 Å². The van der Waals surface area contributed by atoms with Crippen LogP contribution in [0.1, 0.15) is 36.3 Å². The van der Waals surface area contributed by atoms with Gasteiger partial charge in [0.25, 0.3) is 0 Å². The highest BCUT2D eigenvalue weighted by atomic mass is 19.4. The molecule has 0 aromatic heterocycles. The molecule has 2 nitrogen and oxygen atoms in total. The van der Waals surface area contributed by atoms with Gasteiger partial charge in [0.2, 0.25) is 0 Å². The maximum absolute atomic E-state index is 12.7. The summed E-state index contributed by atoms with van der Waals surface area (Å²) in [6.07, 6.45) is -1.47. The number of hydrogen-bond acceptors (Lipinski definition) is 2. The Hall–Kier alpha value is -1.52. The van der Waals surface area contributed by atoms with Gasteiger partial charge in [-0.15, -0.1) is 0 Å². The quantitative estimate of drug-likeness (QED) is 0.754. The van der Waals surface area contributed by atoms with E-state index in [-0.39, 0.29) is 11.8 Å². The van der Waals surface area contributed by atoms with Gasteiger partial charge in [-0.2, -0.15) is 13.2 Å². The van der Waals surface area contributed by atoms with Crippen LogP contribution in [0.5, 0.6) is 0 Å². The molecule has 1 aromatic carbocycles. The molecule has 3 rings (SSSR count). The Labute approximate surface area is 103 Å². The molecule has 5 heteroatoms. The molecule has 96 valence electrons. The molecule has 1 fully saturated rings. The predicted octanol–water partition coefficient (Wildman–Crippen LogP) is 3.59. The molecule has 0 unspecified atom stereocenters. The lowest BCUT2D eigenvalue weighted by Gasteiger charge is -2.26. The average Bonchev–Trinajstić information content (AvgIpc) is 2.77. The third-order valence-corrected chi connectivity index (χ3v) is 3.90. The molecule has 1 aliphatic carbocycles. The molecular formula is C13H13F3N2. The van der Waals surface area contributed by atoms with Gasteiger partial charge in [-0.1, -0.05) is 6.42 Å². The molecule has 2 aliphatic rings. The summed E-state index contributed by atoms with van der Waals surface area (Å²) in [4.78, 5) is 4.24. The number of amidine groups is 1. The van der Waals surface area contributed by atoms with Crippen molar-refractivity contribution >= 4 is 11.5 Å². The minimum atomic E-state index is -4.30. The fraction of sp³-hybridized carbons (Fsp3) is 0.462. The van der Waals surface area contributed by atoms with Crippen LogP contribution >= 0.6 is 0 Å². The van der Waals surface area contributed by atoms with Crippen molar-refractivity contribution in [2.75, 3.05) is 0 Å². The topological polar surface area (TPSA) is 38.4 Å². The zero-order valence-corrected chi connectivity index (χ0v) is 9.67. The van der Waals surface area contributed by atoms with E-state index in [0.717, 1.165) is 25.3 Å². The first-order valence-corrected chi connectivity index (χ1v) is 6.02. The number of benzene rings is 1. The maximum atomic E-state index is 12.7. The Morgan fingerprint density at radius 2 is 1.89 bits per heavy atom. The highest BCUT2D eigenvalue weighted by molar-refractivity contribution is 5.89. The van der Waals surface area contributed by atoms with E-state index in [4.69, 9.17) is 5.73 Å². The molecule has 18 heavy (non-hydrogen) atoms. The second-order valence-corrected chi connectivity index (χ2v) is 4.95. The van der Waals surface area contributed by atoms with E-state index in [9.17, 15) is 13.2 Å². The Morgan fingerprint density at radius 3 is 2.61 bits per heavy atom. The van der Waals surface area contributed by atoms with E-state index in [1.54, 1.807) is 0 Å². The van der Waals surface area contributed by atoms with Crippen LogP contribution in [-0.2, 0) is 6.18 Å². The van der Waals surface area contributed by atoms with E-state index < -0.39 is 11.7 Å². The van der Waals surface area contributed by atoms with Gasteiger partial charge in [-0.25, -0.2) is 4.99 Å². The Balaban J connectivity index is 2.11. The first-order valence-electron chi connectivity index (χ1n) is 6.02. The van der Waals surface area contributed by atoms with Gasteiger partial charge in [-0.3, -0.25) is 0 Å². The fourth-order valence-corrected chi connectivity index (χ4v) is 3.04. The van der Waals surface area contributed by atoms with E-state index in [2.05, 4.69) is 4.99 Å². The molecule has 2 atom stereocenters. The van der Waals surface area contributed by atoms with Gasteiger partial charge in [0.15, 0.2) is 0 Å². The normalized spacial score (nSPS) is 26.5.